The van der Waals surface area contributed by atoms with Gasteiger partial charge in [0.25, 0.3) is 0 Å². The minimum absolute atomic E-state index is 0.202. The van der Waals surface area contributed by atoms with Gasteiger partial charge in [-0.3, -0.25) is 3.96 Å². The number of benzene rings is 2. The Morgan fingerprint density at radius 3 is 2.62 bits per heavy atom. The number of hydrogen-bond acceptors (Lipinski definition) is 3. The van der Waals surface area contributed by atoms with Crippen LogP contribution in [-0.2, 0) is 5.54 Å². The smallest absolute Gasteiger partial charge is 0.129 e. The second-order valence-electron chi connectivity index (χ2n) is 6.29. The van der Waals surface area contributed by atoms with Crippen LogP contribution in [0.3, 0.4) is 0 Å². The van der Waals surface area contributed by atoms with E-state index in [0.717, 1.165) is 27.1 Å². The summed E-state index contributed by atoms with van der Waals surface area (Å²) in [6.45, 7) is 4.34. The monoisotopic (exact) mass is 392 g/mol. The van der Waals surface area contributed by atoms with Gasteiger partial charge in [-0.1, -0.05) is 65.2 Å². The summed E-state index contributed by atoms with van der Waals surface area (Å²) < 4.78 is 2.80. The van der Waals surface area contributed by atoms with Gasteiger partial charge in [-0.2, -0.15) is 0 Å². The molecule has 0 aliphatic carbocycles. The first-order chi connectivity index (χ1) is 11.4. The van der Waals surface area contributed by atoms with Gasteiger partial charge in [-0.25, -0.2) is 0 Å². The summed E-state index contributed by atoms with van der Waals surface area (Å²) in [6, 6.07) is 13.8. The molecule has 0 amide bonds. The van der Waals surface area contributed by atoms with E-state index in [0.29, 0.717) is 10.0 Å². The summed E-state index contributed by atoms with van der Waals surface area (Å²) in [7, 11) is 0. The summed E-state index contributed by atoms with van der Waals surface area (Å²) in [6.07, 6.45) is 0. The molecule has 2 aromatic carbocycles. The molecular weight excluding hydrogens is 379 g/mol. The molecule has 0 saturated carbocycles. The van der Waals surface area contributed by atoms with Crippen LogP contribution in [0.25, 0.3) is 16.8 Å². The molecule has 0 saturated heterocycles. The van der Waals surface area contributed by atoms with Gasteiger partial charge in [0.05, 0.1) is 21.1 Å². The third-order valence-corrected chi connectivity index (χ3v) is 6.65. The highest BCUT2D eigenvalue weighted by molar-refractivity contribution is 7.71. The predicted octanol–water partition coefficient (Wildman–Crippen LogP) is 6.90. The molecule has 6 heteroatoms. The van der Waals surface area contributed by atoms with E-state index in [2.05, 4.69) is 31.3 Å². The number of nitrogens with one attached hydrogen (secondary N) is 1. The van der Waals surface area contributed by atoms with Gasteiger partial charge in [0.2, 0.25) is 0 Å². The van der Waals surface area contributed by atoms with Gasteiger partial charge < -0.3 is 5.32 Å². The Balaban J connectivity index is 2.03. The lowest BCUT2D eigenvalue weighted by molar-refractivity contribution is 0.620. The Morgan fingerprint density at radius 1 is 1.12 bits per heavy atom. The van der Waals surface area contributed by atoms with Crippen LogP contribution in [0.15, 0.2) is 42.5 Å². The van der Waals surface area contributed by atoms with E-state index >= 15 is 0 Å². The number of aromatic nitrogens is 1. The molecular formula is C18H14Cl2N2S2. The van der Waals surface area contributed by atoms with Crippen molar-refractivity contribution in [3.8, 4) is 16.8 Å². The predicted molar refractivity (Wildman–Crippen MR) is 107 cm³/mol. The molecule has 1 aromatic heterocycles. The molecule has 1 aliphatic rings. The Kier molecular flexibility index (Phi) is 3.77. The third kappa shape index (κ3) is 2.40. The fourth-order valence-corrected chi connectivity index (χ4v) is 5.27. The number of hydrogen-bond donors (Lipinski definition) is 1. The molecule has 3 aromatic rings. The lowest BCUT2D eigenvalue weighted by atomic mass is 9.90. The summed E-state index contributed by atoms with van der Waals surface area (Å²) in [5.74, 6) is 0. The zero-order valence-electron chi connectivity index (χ0n) is 13.1. The molecule has 0 unspecified atom stereocenters. The highest BCUT2D eigenvalue weighted by atomic mass is 35.5. The number of rotatable bonds is 1. The van der Waals surface area contributed by atoms with Crippen molar-refractivity contribution >= 4 is 52.6 Å². The molecule has 24 heavy (non-hydrogen) atoms. The number of fused-ring (bicyclic) bond motifs is 3. The fourth-order valence-electron chi connectivity index (χ4n) is 3.05. The SMILES string of the molecule is CC1(C)Nc2ccccc2-c2c1sn(-c1ccc(Cl)cc1Cl)c2=S. The second kappa shape index (κ2) is 5.60. The van der Waals surface area contributed by atoms with Crippen molar-refractivity contribution in [2.45, 2.75) is 19.4 Å². The van der Waals surface area contributed by atoms with Gasteiger partial charge in [-0.05, 0) is 38.1 Å². The summed E-state index contributed by atoms with van der Waals surface area (Å²) in [4.78, 5) is 1.21. The Bertz CT molecular complexity index is 1020. The standard InChI is InChI=1S/C18H14Cl2N2S2/c1-18(2)16-15(11-5-3-4-6-13(11)21-18)17(23)22(24-16)14-8-7-10(19)9-12(14)20/h3-9,21H,1-2H3. The van der Waals surface area contributed by atoms with Gasteiger partial charge in [0, 0.05) is 21.8 Å². The van der Waals surface area contributed by atoms with Crippen molar-refractivity contribution in [1.82, 2.24) is 3.96 Å². The number of nitrogens with zero attached hydrogens (tertiary/aromatic N) is 1. The third-order valence-electron chi connectivity index (χ3n) is 4.15. The maximum atomic E-state index is 6.41. The average molecular weight is 393 g/mol. The largest absolute Gasteiger partial charge is 0.375 e. The van der Waals surface area contributed by atoms with Crippen molar-refractivity contribution in [1.29, 1.82) is 0 Å². The van der Waals surface area contributed by atoms with Crippen LogP contribution < -0.4 is 5.32 Å². The number of anilines is 1. The molecule has 0 atom stereocenters. The molecule has 2 nitrogen and oxygen atoms in total. The highest BCUT2D eigenvalue weighted by Gasteiger charge is 2.34. The Morgan fingerprint density at radius 2 is 1.88 bits per heavy atom. The van der Waals surface area contributed by atoms with E-state index < -0.39 is 0 Å². The van der Waals surface area contributed by atoms with Gasteiger partial charge in [0.1, 0.15) is 4.64 Å². The van der Waals surface area contributed by atoms with Crippen molar-refractivity contribution in [3.63, 3.8) is 0 Å². The second-order valence-corrected chi connectivity index (χ2v) is 8.47. The van der Waals surface area contributed by atoms with Crippen LogP contribution in [0, 0.1) is 4.64 Å². The van der Waals surface area contributed by atoms with E-state index in [1.165, 1.54) is 4.88 Å². The topological polar surface area (TPSA) is 17.0 Å². The minimum Gasteiger partial charge on any atom is -0.375 e. The van der Waals surface area contributed by atoms with Gasteiger partial charge >= 0.3 is 0 Å². The molecule has 122 valence electrons. The molecule has 0 bridgehead atoms. The molecule has 2 heterocycles. The maximum Gasteiger partial charge on any atom is 0.129 e. The zero-order chi connectivity index (χ0) is 17.1. The van der Waals surface area contributed by atoms with E-state index in [1.807, 2.05) is 28.2 Å². The number of halogens is 2. The van der Waals surface area contributed by atoms with Gasteiger partial charge in [0.15, 0.2) is 0 Å². The fraction of sp³-hybridized carbons (Fsp3) is 0.167. The van der Waals surface area contributed by atoms with Crippen LogP contribution >= 0.6 is 47.0 Å². The Labute approximate surface area is 159 Å². The molecule has 0 spiro atoms. The highest BCUT2D eigenvalue weighted by Crippen LogP contribution is 2.47. The minimum atomic E-state index is -0.202. The van der Waals surface area contributed by atoms with Crippen molar-refractivity contribution in [2.75, 3.05) is 5.32 Å². The summed E-state index contributed by atoms with van der Waals surface area (Å²) >= 11 is 19.9. The van der Waals surface area contributed by atoms with Crippen molar-refractivity contribution in [2.24, 2.45) is 0 Å². The first kappa shape index (κ1) is 16.2. The molecule has 1 aliphatic heterocycles. The first-order valence-electron chi connectivity index (χ1n) is 7.48. The lowest BCUT2D eigenvalue weighted by Crippen LogP contribution is -2.30. The van der Waals surface area contributed by atoms with Crippen LogP contribution in [0.1, 0.15) is 18.7 Å². The van der Waals surface area contributed by atoms with Crippen molar-refractivity contribution < 1.29 is 0 Å². The lowest BCUT2D eigenvalue weighted by Gasteiger charge is -2.33. The van der Waals surface area contributed by atoms with Gasteiger partial charge in [-0.15, -0.1) is 0 Å². The van der Waals surface area contributed by atoms with E-state index in [4.69, 9.17) is 35.4 Å². The quantitative estimate of drug-likeness (QED) is 0.453. The van der Waals surface area contributed by atoms with Crippen LogP contribution in [0.5, 0.6) is 0 Å². The van der Waals surface area contributed by atoms with Crippen LogP contribution in [0.2, 0.25) is 10.0 Å². The molecule has 1 N–H and O–H groups in total. The Hall–Kier alpha value is -1.33. The van der Waals surface area contributed by atoms with Crippen molar-refractivity contribution in [3.05, 3.63) is 62.0 Å². The van der Waals surface area contributed by atoms with E-state index in [9.17, 15) is 0 Å². The maximum absolute atomic E-state index is 6.41. The zero-order valence-corrected chi connectivity index (χ0v) is 16.2. The summed E-state index contributed by atoms with van der Waals surface area (Å²) in [5, 5.41) is 4.81. The van der Waals surface area contributed by atoms with E-state index in [-0.39, 0.29) is 5.54 Å². The number of para-hydroxylation sites is 1. The molecule has 0 fully saturated rings. The van der Waals surface area contributed by atoms with Crippen LogP contribution in [-0.4, -0.2) is 3.96 Å². The molecule has 4 rings (SSSR count). The first-order valence-corrected chi connectivity index (χ1v) is 9.42. The summed E-state index contributed by atoms with van der Waals surface area (Å²) in [5.41, 5.74) is 4.01. The van der Waals surface area contributed by atoms with Crippen LogP contribution in [0.4, 0.5) is 5.69 Å². The normalized spacial score (nSPS) is 14.7. The molecule has 0 radical (unpaired) electrons. The van der Waals surface area contributed by atoms with E-state index in [1.54, 1.807) is 17.6 Å². The average Bonchev–Trinajstić information content (AvgIpc) is 2.86.